The zero-order valence-electron chi connectivity index (χ0n) is 11.5. The van der Waals surface area contributed by atoms with Crippen LogP contribution in [0.5, 0.6) is 0 Å². The average molecular weight is 318 g/mol. The van der Waals surface area contributed by atoms with E-state index in [9.17, 15) is 0 Å². The first kappa shape index (κ1) is 13.6. The van der Waals surface area contributed by atoms with Gasteiger partial charge in [0.2, 0.25) is 0 Å². The van der Waals surface area contributed by atoms with Gasteiger partial charge in [0, 0.05) is 6.42 Å². The lowest BCUT2D eigenvalue weighted by molar-refractivity contribution is -0.0317. The first-order valence-corrected chi connectivity index (χ1v) is 7.32. The number of nitrogens with zero attached hydrogens (tertiary/aromatic N) is 4. The standard InChI is InChI=1S/C13H14N6O2S/c14-13(22)17-15-8-5-10(11-6-20-12(8)21-11)19-9-4-2-1-3-7(9)16-18-19/h1-4,10-12H,5-6H2,(H3,14,17,22)/b15-8-/t10-,11-,12+/m0/s1. The molecule has 3 N–H and O–H groups in total. The summed E-state index contributed by atoms with van der Waals surface area (Å²) in [7, 11) is 0. The van der Waals surface area contributed by atoms with E-state index in [1.807, 2.05) is 28.9 Å². The van der Waals surface area contributed by atoms with Gasteiger partial charge in [-0.1, -0.05) is 17.3 Å². The molecule has 0 radical (unpaired) electrons. The predicted octanol–water partition coefficient (Wildman–Crippen LogP) is 0.307. The number of nitrogens with two attached hydrogens (primary N) is 1. The van der Waals surface area contributed by atoms with Gasteiger partial charge in [0.05, 0.1) is 23.9 Å². The summed E-state index contributed by atoms with van der Waals surface area (Å²) in [5.41, 5.74) is 10.5. The maximum absolute atomic E-state index is 5.86. The van der Waals surface area contributed by atoms with Crippen molar-refractivity contribution < 1.29 is 9.47 Å². The molecule has 2 fully saturated rings. The van der Waals surface area contributed by atoms with Crippen LogP contribution in [0.4, 0.5) is 0 Å². The maximum Gasteiger partial charge on any atom is 0.199 e. The number of hydrogen-bond donors (Lipinski definition) is 2. The summed E-state index contributed by atoms with van der Waals surface area (Å²) in [6.07, 6.45) is 0.120. The van der Waals surface area contributed by atoms with E-state index in [4.69, 9.17) is 27.4 Å². The number of ether oxygens (including phenoxy) is 2. The molecule has 3 heterocycles. The molecule has 0 unspecified atom stereocenters. The van der Waals surface area contributed by atoms with E-state index in [0.717, 1.165) is 11.0 Å². The molecule has 8 nitrogen and oxygen atoms in total. The SMILES string of the molecule is NC(=S)N/N=C1/C[C@H](n2nnc3ccccc32)[C@@H]2CO[C@@H]1O2. The quantitative estimate of drug-likeness (QED) is 0.607. The number of hydrogen-bond acceptors (Lipinski definition) is 6. The second-order valence-corrected chi connectivity index (χ2v) is 5.65. The molecule has 2 saturated heterocycles. The van der Waals surface area contributed by atoms with Crippen LogP contribution in [0.3, 0.4) is 0 Å². The summed E-state index contributed by atoms with van der Waals surface area (Å²) >= 11 is 4.77. The highest BCUT2D eigenvalue weighted by Gasteiger charge is 2.43. The Morgan fingerprint density at radius 2 is 2.32 bits per heavy atom. The summed E-state index contributed by atoms with van der Waals surface area (Å²) in [6.45, 7) is 0.496. The van der Waals surface area contributed by atoms with Crippen molar-refractivity contribution in [2.24, 2.45) is 10.8 Å². The Hall–Kier alpha value is -2.10. The second-order valence-electron chi connectivity index (χ2n) is 5.21. The van der Waals surface area contributed by atoms with Crippen molar-refractivity contribution >= 4 is 34.1 Å². The van der Waals surface area contributed by atoms with E-state index in [-0.39, 0.29) is 17.3 Å². The molecule has 114 valence electrons. The van der Waals surface area contributed by atoms with Crippen molar-refractivity contribution in [2.45, 2.75) is 24.9 Å². The molecule has 2 bridgehead atoms. The minimum absolute atomic E-state index is 0.0296. The first-order chi connectivity index (χ1) is 10.7. The zero-order chi connectivity index (χ0) is 15.1. The summed E-state index contributed by atoms with van der Waals surface area (Å²) in [5.74, 6) is 0. The number of nitrogens with one attached hydrogen (secondary N) is 1. The fraction of sp³-hybridized carbons (Fsp3) is 0.385. The molecule has 9 heteroatoms. The molecular formula is C13H14N6O2S. The van der Waals surface area contributed by atoms with E-state index < -0.39 is 6.29 Å². The Kier molecular flexibility index (Phi) is 3.25. The van der Waals surface area contributed by atoms with Crippen LogP contribution in [0.2, 0.25) is 0 Å². The third-order valence-corrected chi connectivity index (χ3v) is 3.92. The Labute approximate surface area is 131 Å². The fourth-order valence-electron chi connectivity index (χ4n) is 2.84. The number of thiocarbonyl (C=S) groups is 1. The van der Waals surface area contributed by atoms with E-state index in [2.05, 4.69) is 20.8 Å². The van der Waals surface area contributed by atoms with Crippen LogP contribution < -0.4 is 11.2 Å². The maximum atomic E-state index is 5.86. The van der Waals surface area contributed by atoms with Crippen LogP contribution in [0.25, 0.3) is 11.0 Å². The summed E-state index contributed by atoms with van der Waals surface area (Å²) in [6, 6.07) is 7.79. The van der Waals surface area contributed by atoms with Crippen molar-refractivity contribution in [2.75, 3.05) is 6.61 Å². The Bertz CT molecular complexity index is 760. The first-order valence-electron chi connectivity index (χ1n) is 6.91. The van der Waals surface area contributed by atoms with Gasteiger partial charge in [0.15, 0.2) is 11.4 Å². The minimum atomic E-state index is -0.446. The van der Waals surface area contributed by atoms with Gasteiger partial charge < -0.3 is 15.2 Å². The van der Waals surface area contributed by atoms with Gasteiger partial charge >= 0.3 is 0 Å². The zero-order valence-corrected chi connectivity index (χ0v) is 12.4. The minimum Gasteiger partial charge on any atom is -0.375 e. The van der Waals surface area contributed by atoms with Crippen LogP contribution in [0.1, 0.15) is 12.5 Å². The third kappa shape index (κ3) is 2.23. The van der Waals surface area contributed by atoms with E-state index >= 15 is 0 Å². The van der Waals surface area contributed by atoms with Crippen molar-refractivity contribution in [1.29, 1.82) is 0 Å². The van der Waals surface area contributed by atoms with Crippen molar-refractivity contribution in [3.8, 4) is 0 Å². The smallest absolute Gasteiger partial charge is 0.199 e. The van der Waals surface area contributed by atoms with Gasteiger partial charge in [-0.2, -0.15) is 5.10 Å². The van der Waals surface area contributed by atoms with Gasteiger partial charge in [-0.05, 0) is 24.4 Å². The van der Waals surface area contributed by atoms with E-state index in [1.54, 1.807) is 0 Å². The molecule has 22 heavy (non-hydrogen) atoms. The Morgan fingerprint density at radius 3 is 3.18 bits per heavy atom. The molecule has 2 aromatic rings. The molecule has 0 aliphatic carbocycles. The molecule has 2 aliphatic heterocycles. The van der Waals surface area contributed by atoms with Crippen LogP contribution in [-0.2, 0) is 9.47 Å². The van der Waals surface area contributed by atoms with Crippen molar-refractivity contribution in [1.82, 2.24) is 20.4 Å². The molecule has 2 aliphatic rings. The monoisotopic (exact) mass is 318 g/mol. The number of para-hydroxylation sites is 1. The number of benzene rings is 1. The lowest BCUT2D eigenvalue weighted by Crippen LogP contribution is -2.39. The van der Waals surface area contributed by atoms with Crippen molar-refractivity contribution in [3.63, 3.8) is 0 Å². The van der Waals surface area contributed by atoms with Crippen LogP contribution in [0.15, 0.2) is 29.4 Å². The van der Waals surface area contributed by atoms with E-state index in [0.29, 0.717) is 18.7 Å². The number of hydrazone groups is 1. The highest BCUT2D eigenvalue weighted by molar-refractivity contribution is 7.80. The largest absolute Gasteiger partial charge is 0.375 e. The summed E-state index contributed by atoms with van der Waals surface area (Å²) in [4.78, 5) is 0. The number of rotatable bonds is 2. The summed E-state index contributed by atoms with van der Waals surface area (Å²) in [5, 5.41) is 12.8. The molecule has 0 spiro atoms. The van der Waals surface area contributed by atoms with Gasteiger partial charge in [-0.3, -0.25) is 5.43 Å². The van der Waals surface area contributed by atoms with Gasteiger partial charge in [0.25, 0.3) is 0 Å². The van der Waals surface area contributed by atoms with Crippen LogP contribution in [0, 0.1) is 0 Å². The van der Waals surface area contributed by atoms with Crippen LogP contribution >= 0.6 is 12.2 Å². The summed E-state index contributed by atoms with van der Waals surface area (Å²) < 4.78 is 13.4. The topological polar surface area (TPSA) is 99.6 Å². The molecule has 4 rings (SSSR count). The highest BCUT2D eigenvalue weighted by Crippen LogP contribution is 2.34. The predicted molar refractivity (Wildman–Crippen MR) is 83.2 cm³/mol. The molecule has 0 amide bonds. The third-order valence-electron chi connectivity index (χ3n) is 3.83. The molecule has 1 aromatic carbocycles. The average Bonchev–Trinajstić information content (AvgIpc) is 3.12. The fourth-order valence-corrected chi connectivity index (χ4v) is 2.88. The van der Waals surface area contributed by atoms with Gasteiger partial charge in [-0.15, -0.1) is 5.10 Å². The molecule has 3 atom stereocenters. The van der Waals surface area contributed by atoms with Gasteiger partial charge in [0.1, 0.15) is 11.6 Å². The number of fused-ring (bicyclic) bond motifs is 3. The lowest BCUT2D eigenvalue weighted by atomic mass is 10.0. The lowest BCUT2D eigenvalue weighted by Gasteiger charge is -2.28. The number of aromatic nitrogens is 3. The molecule has 1 aromatic heterocycles. The normalized spacial score (nSPS) is 29.1. The molecule has 0 saturated carbocycles. The van der Waals surface area contributed by atoms with Crippen LogP contribution in [-0.4, -0.2) is 44.8 Å². The van der Waals surface area contributed by atoms with Crippen molar-refractivity contribution in [3.05, 3.63) is 24.3 Å². The highest BCUT2D eigenvalue weighted by atomic mass is 32.1. The second kappa shape index (κ2) is 5.27. The van der Waals surface area contributed by atoms with Gasteiger partial charge in [-0.25, -0.2) is 4.68 Å². The van der Waals surface area contributed by atoms with E-state index in [1.165, 1.54) is 0 Å². The Balaban J connectivity index is 1.69. The molecular weight excluding hydrogens is 304 g/mol. The Morgan fingerprint density at radius 1 is 1.45 bits per heavy atom.